The van der Waals surface area contributed by atoms with Gasteiger partial charge in [-0.15, -0.1) is 0 Å². The lowest BCUT2D eigenvalue weighted by Crippen LogP contribution is -2.07. The van der Waals surface area contributed by atoms with E-state index >= 15 is 0 Å². The molecule has 0 saturated heterocycles. The number of rotatable bonds is 3. The van der Waals surface area contributed by atoms with Crippen LogP contribution >= 0.6 is 8.03 Å². The average molecular weight is 273 g/mol. The molecule has 0 bridgehead atoms. The Morgan fingerprint density at radius 3 is 2.00 bits per heavy atom. The summed E-state index contributed by atoms with van der Waals surface area (Å²) in [4.78, 5) is 21.4. The summed E-state index contributed by atoms with van der Waals surface area (Å²) >= 11 is 0. The molecule has 3 nitrogen and oxygen atoms in total. The maximum atomic E-state index is 12.4. The smallest absolute Gasteiger partial charge is 0.289 e. The molecule has 2 rings (SSSR count). The highest BCUT2D eigenvalue weighted by atomic mass is 31.1. The van der Waals surface area contributed by atoms with Crippen LogP contribution in [0.15, 0.2) is 42.5 Å². The van der Waals surface area contributed by atoms with Gasteiger partial charge in [0.25, 0.3) is 0 Å². The van der Waals surface area contributed by atoms with Gasteiger partial charge < -0.3 is 0 Å². The fourth-order valence-corrected chi connectivity index (χ4v) is 2.46. The highest BCUT2D eigenvalue weighted by Crippen LogP contribution is 2.19. The molecule has 0 aromatic heterocycles. The molecule has 4 heteroatoms. The first-order valence-electron chi connectivity index (χ1n) is 5.88. The SMILES string of the molecule is Cc1cccc(C)c1C(=O)c1ccc([P+](=O)O)cc1. The quantitative estimate of drug-likeness (QED) is 0.691. The zero-order chi connectivity index (χ0) is 14.0. The molecule has 1 N–H and O–H groups in total. The van der Waals surface area contributed by atoms with Crippen LogP contribution in [0, 0.1) is 13.8 Å². The highest BCUT2D eigenvalue weighted by Gasteiger charge is 2.18. The van der Waals surface area contributed by atoms with Crippen molar-refractivity contribution in [1.29, 1.82) is 0 Å². The lowest BCUT2D eigenvalue weighted by atomic mass is 9.95. The summed E-state index contributed by atoms with van der Waals surface area (Å²) in [5, 5.41) is 0.327. The molecule has 0 fully saturated rings. The van der Waals surface area contributed by atoms with E-state index in [0.717, 1.165) is 11.1 Å². The molecule has 2 aromatic rings. The monoisotopic (exact) mass is 273 g/mol. The van der Waals surface area contributed by atoms with Gasteiger partial charge in [-0.25, -0.2) is 0 Å². The second-order valence-electron chi connectivity index (χ2n) is 4.42. The Morgan fingerprint density at radius 2 is 1.53 bits per heavy atom. The first-order valence-corrected chi connectivity index (χ1v) is 7.09. The molecule has 0 aliphatic heterocycles. The predicted molar refractivity (Wildman–Crippen MR) is 75.2 cm³/mol. The van der Waals surface area contributed by atoms with Crippen LogP contribution in [0.3, 0.4) is 0 Å². The molecule has 2 aromatic carbocycles. The molecule has 0 amide bonds. The maximum absolute atomic E-state index is 12.4. The third kappa shape index (κ3) is 2.78. The van der Waals surface area contributed by atoms with Gasteiger partial charge in [-0.1, -0.05) is 18.2 Å². The van der Waals surface area contributed by atoms with E-state index in [9.17, 15) is 9.36 Å². The topological polar surface area (TPSA) is 54.4 Å². The summed E-state index contributed by atoms with van der Waals surface area (Å²) in [5.74, 6) is -0.0599. The van der Waals surface area contributed by atoms with Crippen molar-refractivity contribution in [3.05, 3.63) is 64.7 Å². The normalized spacial score (nSPS) is 11.2. The Balaban J connectivity index is 2.42. The Kier molecular flexibility index (Phi) is 3.89. The van der Waals surface area contributed by atoms with E-state index < -0.39 is 8.03 Å². The van der Waals surface area contributed by atoms with E-state index in [1.54, 1.807) is 12.1 Å². The van der Waals surface area contributed by atoms with Gasteiger partial charge in [0.1, 0.15) is 0 Å². The van der Waals surface area contributed by atoms with Gasteiger partial charge in [-0.05, 0) is 53.8 Å². The molecule has 0 spiro atoms. The molecule has 0 heterocycles. The molecule has 19 heavy (non-hydrogen) atoms. The third-order valence-electron chi connectivity index (χ3n) is 3.06. The number of aryl methyl sites for hydroxylation is 2. The highest BCUT2D eigenvalue weighted by molar-refractivity contribution is 7.47. The van der Waals surface area contributed by atoms with E-state index in [1.807, 2.05) is 32.0 Å². The van der Waals surface area contributed by atoms with Gasteiger partial charge in [-0.2, -0.15) is 4.89 Å². The summed E-state index contributed by atoms with van der Waals surface area (Å²) in [6, 6.07) is 11.9. The van der Waals surface area contributed by atoms with Crippen molar-refractivity contribution in [2.75, 3.05) is 0 Å². The number of benzene rings is 2. The average Bonchev–Trinajstić information content (AvgIpc) is 2.38. The van der Waals surface area contributed by atoms with Crippen molar-refractivity contribution < 1.29 is 14.3 Å². The Labute approximate surface area is 112 Å². The minimum atomic E-state index is -2.36. The zero-order valence-corrected chi connectivity index (χ0v) is 11.6. The van der Waals surface area contributed by atoms with Crippen molar-refractivity contribution in [2.24, 2.45) is 0 Å². The Morgan fingerprint density at radius 1 is 1.00 bits per heavy atom. The van der Waals surface area contributed by atoms with Gasteiger partial charge in [-0.3, -0.25) is 4.79 Å². The second-order valence-corrected chi connectivity index (χ2v) is 5.48. The van der Waals surface area contributed by atoms with Gasteiger partial charge >= 0.3 is 8.03 Å². The lowest BCUT2D eigenvalue weighted by molar-refractivity contribution is 0.103. The van der Waals surface area contributed by atoms with E-state index in [2.05, 4.69) is 0 Å². The summed E-state index contributed by atoms with van der Waals surface area (Å²) < 4.78 is 10.9. The van der Waals surface area contributed by atoms with Crippen LogP contribution in [0.25, 0.3) is 0 Å². The third-order valence-corrected chi connectivity index (χ3v) is 3.80. The van der Waals surface area contributed by atoms with E-state index in [-0.39, 0.29) is 5.78 Å². The molecule has 1 atom stereocenters. The van der Waals surface area contributed by atoms with Gasteiger partial charge in [0.2, 0.25) is 5.30 Å². The minimum Gasteiger partial charge on any atom is -0.289 e. The summed E-state index contributed by atoms with van der Waals surface area (Å²) in [5.41, 5.74) is 3.09. The molecule has 0 aliphatic rings. The van der Waals surface area contributed by atoms with E-state index in [0.29, 0.717) is 16.4 Å². The van der Waals surface area contributed by atoms with Crippen molar-refractivity contribution in [2.45, 2.75) is 13.8 Å². The van der Waals surface area contributed by atoms with Crippen LogP contribution in [0.4, 0.5) is 0 Å². The fourth-order valence-electron chi connectivity index (χ4n) is 2.06. The van der Waals surface area contributed by atoms with Gasteiger partial charge in [0.15, 0.2) is 5.78 Å². The van der Waals surface area contributed by atoms with Crippen molar-refractivity contribution >= 4 is 19.1 Å². The van der Waals surface area contributed by atoms with Crippen LogP contribution < -0.4 is 5.30 Å². The summed E-state index contributed by atoms with van der Waals surface area (Å²) in [6.45, 7) is 3.80. The standard InChI is InChI=1S/C15H13O3P/c1-10-4-3-5-11(2)14(10)15(16)12-6-8-13(9-7-12)19(17)18/h3-9H,1-2H3/p+1. The van der Waals surface area contributed by atoms with Crippen LogP contribution in [0.1, 0.15) is 27.0 Å². The molecular weight excluding hydrogens is 259 g/mol. The largest absolute Gasteiger partial charge is 0.546 e. The zero-order valence-electron chi connectivity index (χ0n) is 10.8. The number of hydrogen-bond acceptors (Lipinski definition) is 2. The predicted octanol–water partition coefficient (Wildman–Crippen LogP) is 2.89. The van der Waals surface area contributed by atoms with Gasteiger partial charge in [0.05, 0.1) is 0 Å². The summed E-state index contributed by atoms with van der Waals surface area (Å²) in [7, 11) is -2.36. The van der Waals surface area contributed by atoms with Crippen molar-refractivity contribution in [3.8, 4) is 0 Å². The van der Waals surface area contributed by atoms with Gasteiger partial charge in [0, 0.05) is 11.1 Å². The molecule has 0 saturated carbocycles. The Bertz CT molecular complexity index is 625. The summed E-state index contributed by atoms with van der Waals surface area (Å²) in [6.07, 6.45) is 0. The second kappa shape index (κ2) is 5.43. The van der Waals surface area contributed by atoms with E-state index in [4.69, 9.17) is 4.89 Å². The molecule has 1 unspecified atom stereocenters. The van der Waals surface area contributed by atoms with Crippen LogP contribution in [-0.4, -0.2) is 10.7 Å². The number of ketones is 1. The van der Waals surface area contributed by atoms with E-state index in [1.165, 1.54) is 12.1 Å². The number of hydrogen-bond donors (Lipinski definition) is 1. The molecule has 96 valence electrons. The maximum Gasteiger partial charge on any atom is 0.546 e. The van der Waals surface area contributed by atoms with Crippen LogP contribution in [0.2, 0.25) is 0 Å². The number of carbonyl (C=O) groups is 1. The molecule has 0 radical (unpaired) electrons. The van der Waals surface area contributed by atoms with Crippen molar-refractivity contribution in [1.82, 2.24) is 0 Å². The molecule has 0 aliphatic carbocycles. The van der Waals surface area contributed by atoms with Crippen molar-refractivity contribution in [3.63, 3.8) is 0 Å². The van der Waals surface area contributed by atoms with Crippen LogP contribution in [0.5, 0.6) is 0 Å². The minimum absolute atomic E-state index is 0.0599. The Hall–Kier alpha value is -1.83. The first-order chi connectivity index (χ1) is 9.00. The fraction of sp³-hybridized carbons (Fsp3) is 0.133. The van der Waals surface area contributed by atoms with Crippen LogP contribution in [-0.2, 0) is 4.57 Å². The molecular formula is C15H14O3P+. The lowest BCUT2D eigenvalue weighted by Gasteiger charge is -2.08. The first kappa shape index (κ1) is 13.6. The number of carbonyl (C=O) groups excluding carboxylic acids is 1.